The third-order valence-corrected chi connectivity index (χ3v) is 3.85. The van der Waals surface area contributed by atoms with Crippen LogP contribution in [0, 0.1) is 5.82 Å². The van der Waals surface area contributed by atoms with E-state index in [1.165, 1.54) is 13.2 Å². The SMILES string of the molecule is CCNC(=NCCN1C(=O)CNC1=O)N(C)Cc1ccc(OC)c(F)c1.I. The van der Waals surface area contributed by atoms with Gasteiger partial charge in [0, 0.05) is 20.1 Å². The number of carbonyl (C=O) groups is 2. The number of hydrogen-bond donors (Lipinski definition) is 2. The van der Waals surface area contributed by atoms with Gasteiger partial charge in [0.15, 0.2) is 17.5 Å². The Balaban J connectivity index is 0.00000364. The van der Waals surface area contributed by atoms with Crippen molar-refractivity contribution < 1.29 is 18.7 Å². The Morgan fingerprint density at radius 2 is 2.19 bits per heavy atom. The van der Waals surface area contributed by atoms with Crippen LogP contribution in [0.4, 0.5) is 9.18 Å². The first-order valence-corrected chi connectivity index (χ1v) is 8.36. The van der Waals surface area contributed by atoms with E-state index in [1.807, 2.05) is 18.9 Å². The summed E-state index contributed by atoms with van der Waals surface area (Å²) in [5.41, 5.74) is 0.769. The van der Waals surface area contributed by atoms with Crippen molar-refractivity contribution in [3.8, 4) is 5.75 Å². The van der Waals surface area contributed by atoms with Gasteiger partial charge in [0.25, 0.3) is 0 Å². The molecule has 1 aromatic rings. The predicted octanol–water partition coefficient (Wildman–Crippen LogP) is 1.40. The van der Waals surface area contributed by atoms with Crippen LogP contribution in [0.25, 0.3) is 0 Å². The van der Waals surface area contributed by atoms with Crippen molar-refractivity contribution >= 4 is 41.9 Å². The molecular weight excluding hydrogens is 468 g/mol. The summed E-state index contributed by atoms with van der Waals surface area (Å²) in [7, 11) is 3.25. The fraction of sp³-hybridized carbons (Fsp3) is 0.471. The summed E-state index contributed by atoms with van der Waals surface area (Å²) in [6, 6.07) is 4.40. The zero-order valence-corrected chi connectivity index (χ0v) is 18.0. The molecule has 10 heteroatoms. The number of guanidine groups is 1. The molecule has 0 unspecified atom stereocenters. The maximum absolute atomic E-state index is 13.8. The molecule has 1 heterocycles. The molecule has 0 atom stereocenters. The molecule has 3 amide bonds. The topological polar surface area (TPSA) is 86.3 Å². The minimum atomic E-state index is -0.418. The third kappa shape index (κ3) is 6.22. The molecule has 2 N–H and O–H groups in total. The highest BCUT2D eigenvalue weighted by Gasteiger charge is 2.27. The van der Waals surface area contributed by atoms with Crippen molar-refractivity contribution in [2.45, 2.75) is 13.5 Å². The minimum absolute atomic E-state index is 0. The molecular formula is C17H25FIN5O3. The average molecular weight is 493 g/mol. The van der Waals surface area contributed by atoms with E-state index < -0.39 is 11.8 Å². The maximum atomic E-state index is 13.8. The second-order valence-corrected chi connectivity index (χ2v) is 5.76. The van der Waals surface area contributed by atoms with Gasteiger partial charge in [-0.25, -0.2) is 9.18 Å². The number of methoxy groups -OCH3 is 1. The Labute approximate surface area is 175 Å². The van der Waals surface area contributed by atoms with Crippen LogP contribution in [0.1, 0.15) is 12.5 Å². The van der Waals surface area contributed by atoms with E-state index in [0.717, 1.165) is 10.5 Å². The lowest BCUT2D eigenvalue weighted by Crippen LogP contribution is -2.39. The molecule has 1 fully saturated rings. The zero-order chi connectivity index (χ0) is 19.1. The number of amides is 3. The lowest BCUT2D eigenvalue weighted by molar-refractivity contribution is -0.124. The first-order valence-electron chi connectivity index (χ1n) is 8.36. The molecule has 0 bridgehead atoms. The lowest BCUT2D eigenvalue weighted by Gasteiger charge is -2.22. The van der Waals surface area contributed by atoms with E-state index in [2.05, 4.69) is 15.6 Å². The van der Waals surface area contributed by atoms with Gasteiger partial charge < -0.3 is 20.3 Å². The molecule has 27 heavy (non-hydrogen) atoms. The van der Waals surface area contributed by atoms with E-state index in [9.17, 15) is 14.0 Å². The Morgan fingerprint density at radius 3 is 2.74 bits per heavy atom. The van der Waals surface area contributed by atoms with E-state index in [1.54, 1.807) is 12.1 Å². The predicted molar refractivity (Wildman–Crippen MR) is 111 cm³/mol. The van der Waals surface area contributed by atoms with E-state index >= 15 is 0 Å². The summed E-state index contributed by atoms with van der Waals surface area (Å²) in [6.45, 7) is 3.56. The number of rotatable bonds is 7. The highest BCUT2D eigenvalue weighted by atomic mass is 127. The van der Waals surface area contributed by atoms with E-state index in [4.69, 9.17) is 4.74 Å². The minimum Gasteiger partial charge on any atom is -0.494 e. The number of carbonyl (C=O) groups excluding carboxylic acids is 2. The summed E-state index contributed by atoms with van der Waals surface area (Å²) in [6.07, 6.45) is 0. The molecule has 1 aliphatic rings. The van der Waals surface area contributed by atoms with Crippen LogP contribution in [0.2, 0.25) is 0 Å². The first-order chi connectivity index (χ1) is 12.5. The molecule has 0 radical (unpaired) electrons. The second-order valence-electron chi connectivity index (χ2n) is 5.76. The number of nitrogens with one attached hydrogen (secondary N) is 2. The summed E-state index contributed by atoms with van der Waals surface area (Å²) in [5.74, 6) is 0.137. The maximum Gasteiger partial charge on any atom is 0.324 e. The number of urea groups is 1. The normalized spacial score (nSPS) is 13.9. The number of hydrogen-bond acceptors (Lipinski definition) is 4. The van der Waals surface area contributed by atoms with Crippen molar-refractivity contribution in [2.24, 2.45) is 4.99 Å². The Morgan fingerprint density at radius 1 is 1.44 bits per heavy atom. The van der Waals surface area contributed by atoms with Crippen molar-refractivity contribution in [3.05, 3.63) is 29.6 Å². The molecule has 1 saturated heterocycles. The van der Waals surface area contributed by atoms with Crippen LogP contribution in [0.3, 0.4) is 0 Å². The molecule has 2 rings (SSSR count). The van der Waals surface area contributed by atoms with Gasteiger partial charge in [-0.3, -0.25) is 14.7 Å². The second kappa shape index (κ2) is 10.9. The van der Waals surface area contributed by atoms with Gasteiger partial charge in [0.1, 0.15) is 0 Å². The van der Waals surface area contributed by atoms with Crippen LogP contribution >= 0.6 is 24.0 Å². The largest absolute Gasteiger partial charge is 0.494 e. The van der Waals surface area contributed by atoms with Gasteiger partial charge in [-0.1, -0.05) is 6.07 Å². The highest BCUT2D eigenvalue weighted by molar-refractivity contribution is 14.0. The van der Waals surface area contributed by atoms with E-state index in [0.29, 0.717) is 19.0 Å². The van der Waals surface area contributed by atoms with Gasteiger partial charge in [0.2, 0.25) is 5.91 Å². The number of imide groups is 1. The lowest BCUT2D eigenvalue weighted by atomic mass is 10.2. The van der Waals surface area contributed by atoms with Crippen molar-refractivity contribution in [3.63, 3.8) is 0 Å². The molecule has 0 saturated carbocycles. The van der Waals surface area contributed by atoms with Gasteiger partial charge in [-0.2, -0.15) is 0 Å². The van der Waals surface area contributed by atoms with Crippen LogP contribution < -0.4 is 15.4 Å². The van der Waals surface area contributed by atoms with Gasteiger partial charge in [-0.15, -0.1) is 24.0 Å². The van der Waals surface area contributed by atoms with Gasteiger partial charge in [-0.05, 0) is 24.6 Å². The number of halogens is 2. The quantitative estimate of drug-likeness (QED) is 0.260. The van der Waals surface area contributed by atoms with Crippen LogP contribution in [0.15, 0.2) is 23.2 Å². The Hall–Kier alpha value is -2.11. The molecule has 0 spiro atoms. The zero-order valence-electron chi connectivity index (χ0n) is 15.6. The number of ether oxygens (including phenoxy) is 1. The molecule has 1 aromatic carbocycles. The van der Waals surface area contributed by atoms with Gasteiger partial charge in [0.05, 0.1) is 26.7 Å². The molecule has 8 nitrogen and oxygen atoms in total. The van der Waals surface area contributed by atoms with Crippen molar-refractivity contribution in [2.75, 3.05) is 40.3 Å². The monoisotopic (exact) mass is 493 g/mol. The molecule has 1 aliphatic heterocycles. The number of aliphatic imine (C=N–C) groups is 1. The number of nitrogens with zero attached hydrogens (tertiary/aromatic N) is 3. The summed E-state index contributed by atoms with van der Waals surface area (Å²) < 4.78 is 18.8. The summed E-state index contributed by atoms with van der Waals surface area (Å²) in [5, 5.41) is 5.61. The van der Waals surface area contributed by atoms with Crippen molar-refractivity contribution in [1.82, 2.24) is 20.4 Å². The first kappa shape index (κ1) is 22.9. The van der Waals surface area contributed by atoms with Gasteiger partial charge >= 0.3 is 6.03 Å². The highest BCUT2D eigenvalue weighted by Crippen LogP contribution is 2.18. The Bertz CT molecular complexity index is 685. The van der Waals surface area contributed by atoms with E-state index in [-0.39, 0.29) is 55.3 Å². The third-order valence-electron chi connectivity index (χ3n) is 3.85. The van der Waals surface area contributed by atoms with Crippen LogP contribution in [-0.2, 0) is 11.3 Å². The van der Waals surface area contributed by atoms with Crippen LogP contribution in [-0.4, -0.2) is 68.0 Å². The number of benzene rings is 1. The summed E-state index contributed by atoms with van der Waals surface area (Å²) >= 11 is 0. The summed E-state index contributed by atoms with van der Waals surface area (Å²) in [4.78, 5) is 30.5. The van der Waals surface area contributed by atoms with Crippen LogP contribution in [0.5, 0.6) is 5.75 Å². The molecule has 150 valence electrons. The standard InChI is InChI=1S/C17H24FN5O3.HI/c1-4-19-16(20-7-8-23-15(24)10-21-17(23)25)22(2)11-12-5-6-14(26-3)13(18)9-12;/h5-6,9H,4,7-8,10-11H2,1-3H3,(H,19,20)(H,21,25);1H. The Kier molecular flexibility index (Phi) is 9.26. The molecule has 0 aliphatic carbocycles. The molecule has 0 aromatic heterocycles. The fourth-order valence-corrected chi connectivity index (χ4v) is 2.56. The van der Waals surface area contributed by atoms with Crippen molar-refractivity contribution in [1.29, 1.82) is 0 Å². The average Bonchev–Trinajstić information content (AvgIpc) is 2.93. The fourth-order valence-electron chi connectivity index (χ4n) is 2.56. The smallest absolute Gasteiger partial charge is 0.324 e.